The SMILES string of the molecule is CC(=O)/C=C/C1(C)C(=O)C2CC2CC1(C)C. The summed E-state index contributed by atoms with van der Waals surface area (Å²) in [5, 5.41) is 0. The van der Waals surface area contributed by atoms with Crippen molar-refractivity contribution in [1.82, 2.24) is 0 Å². The van der Waals surface area contributed by atoms with Crippen LogP contribution in [0.25, 0.3) is 0 Å². The summed E-state index contributed by atoms with van der Waals surface area (Å²) in [4.78, 5) is 23.4. The number of carbonyl (C=O) groups is 2. The van der Waals surface area contributed by atoms with Gasteiger partial charge in [-0.25, -0.2) is 0 Å². The van der Waals surface area contributed by atoms with E-state index >= 15 is 0 Å². The van der Waals surface area contributed by atoms with Gasteiger partial charge in [-0.15, -0.1) is 0 Å². The lowest BCUT2D eigenvalue weighted by Gasteiger charge is -2.44. The van der Waals surface area contributed by atoms with Gasteiger partial charge in [0.05, 0.1) is 0 Å². The predicted octanol–water partition coefficient (Wildman–Crippen LogP) is 2.77. The van der Waals surface area contributed by atoms with Crippen LogP contribution < -0.4 is 0 Å². The highest BCUT2D eigenvalue weighted by atomic mass is 16.1. The topological polar surface area (TPSA) is 34.1 Å². The Kier molecular flexibility index (Phi) is 2.37. The first-order valence-corrected chi connectivity index (χ1v) is 6.02. The first kappa shape index (κ1) is 11.6. The zero-order chi connectivity index (χ0) is 12.1. The standard InChI is InChI=1S/C14H20O2/c1-9(15)5-6-14(4)12(16)11-7-10(11)8-13(14,2)3/h5-6,10-11H,7-8H2,1-4H3/b6-5+. The molecule has 3 unspecified atom stereocenters. The second kappa shape index (κ2) is 3.28. The van der Waals surface area contributed by atoms with E-state index in [2.05, 4.69) is 13.8 Å². The lowest BCUT2D eigenvalue weighted by atomic mass is 9.58. The number of hydrogen-bond acceptors (Lipinski definition) is 2. The molecular formula is C14H20O2. The van der Waals surface area contributed by atoms with E-state index in [0.29, 0.717) is 11.7 Å². The Morgan fingerprint density at radius 2 is 2.00 bits per heavy atom. The summed E-state index contributed by atoms with van der Waals surface area (Å²) in [5.41, 5.74) is -0.496. The number of carbonyl (C=O) groups excluding carboxylic acids is 2. The van der Waals surface area contributed by atoms with Crippen LogP contribution in [-0.2, 0) is 9.59 Å². The first-order valence-electron chi connectivity index (χ1n) is 6.02. The van der Waals surface area contributed by atoms with E-state index in [1.165, 1.54) is 6.92 Å². The Labute approximate surface area is 97.1 Å². The molecule has 0 aromatic carbocycles. The summed E-state index contributed by atoms with van der Waals surface area (Å²) in [6.45, 7) is 7.80. The van der Waals surface area contributed by atoms with Crippen molar-refractivity contribution in [2.45, 2.75) is 40.5 Å². The van der Waals surface area contributed by atoms with Crippen molar-refractivity contribution in [3.63, 3.8) is 0 Å². The van der Waals surface area contributed by atoms with Crippen LogP contribution in [0.2, 0.25) is 0 Å². The van der Waals surface area contributed by atoms with Gasteiger partial charge in [-0.1, -0.05) is 19.9 Å². The molecule has 0 radical (unpaired) electrons. The van der Waals surface area contributed by atoms with Gasteiger partial charge in [0.15, 0.2) is 5.78 Å². The van der Waals surface area contributed by atoms with Gasteiger partial charge < -0.3 is 0 Å². The van der Waals surface area contributed by atoms with E-state index in [4.69, 9.17) is 0 Å². The molecule has 2 heteroatoms. The third-order valence-electron chi connectivity index (χ3n) is 4.60. The highest BCUT2D eigenvalue weighted by molar-refractivity contribution is 5.94. The fraction of sp³-hybridized carbons (Fsp3) is 0.714. The summed E-state index contributed by atoms with van der Waals surface area (Å²) in [6, 6.07) is 0. The fourth-order valence-corrected chi connectivity index (χ4v) is 2.97. The third-order valence-corrected chi connectivity index (χ3v) is 4.60. The molecule has 0 amide bonds. The average molecular weight is 220 g/mol. The van der Waals surface area contributed by atoms with Gasteiger partial charge in [0, 0.05) is 11.3 Å². The molecule has 2 aliphatic rings. The highest BCUT2D eigenvalue weighted by Gasteiger charge is 2.60. The molecule has 0 heterocycles. The molecule has 0 aromatic rings. The molecule has 2 rings (SSSR count). The van der Waals surface area contributed by atoms with Crippen molar-refractivity contribution in [2.75, 3.05) is 0 Å². The molecule has 0 saturated heterocycles. The zero-order valence-corrected chi connectivity index (χ0v) is 10.5. The average Bonchev–Trinajstić information content (AvgIpc) is 2.89. The van der Waals surface area contributed by atoms with E-state index in [0.717, 1.165) is 12.8 Å². The van der Waals surface area contributed by atoms with Gasteiger partial charge in [0.2, 0.25) is 0 Å². The maximum atomic E-state index is 12.4. The van der Waals surface area contributed by atoms with Crippen LogP contribution >= 0.6 is 0 Å². The van der Waals surface area contributed by atoms with E-state index in [1.807, 2.05) is 13.0 Å². The Morgan fingerprint density at radius 3 is 2.56 bits per heavy atom. The lowest BCUT2D eigenvalue weighted by molar-refractivity contribution is -0.135. The quantitative estimate of drug-likeness (QED) is 0.671. The molecule has 2 saturated carbocycles. The summed E-state index contributed by atoms with van der Waals surface area (Å²) < 4.78 is 0. The zero-order valence-electron chi connectivity index (χ0n) is 10.5. The molecule has 0 aliphatic heterocycles. The van der Waals surface area contributed by atoms with Crippen molar-refractivity contribution >= 4 is 11.6 Å². The van der Waals surface area contributed by atoms with Gasteiger partial charge in [-0.2, -0.15) is 0 Å². The first-order chi connectivity index (χ1) is 7.28. The number of rotatable bonds is 2. The van der Waals surface area contributed by atoms with Crippen molar-refractivity contribution in [3.05, 3.63) is 12.2 Å². The van der Waals surface area contributed by atoms with Gasteiger partial charge >= 0.3 is 0 Å². The molecule has 2 fully saturated rings. The summed E-state index contributed by atoms with van der Waals surface area (Å²) in [7, 11) is 0. The molecule has 0 aromatic heterocycles. The second-order valence-electron chi connectivity index (χ2n) is 6.20. The van der Waals surface area contributed by atoms with Crippen LogP contribution in [0.3, 0.4) is 0 Å². The molecule has 0 spiro atoms. The number of Topliss-reactive ketones (excluding diaryl/α,β-unsaturated/α-hetero) is 1. The van der Waals surface area contributed by atoms with Gasteiger partial charge in [-0.05, 0) is 44.1 Å². The Morgan fingerprint density at radius 1 is 1.38 bits per heavy atom. The Balaban J connectivity index is 2.34. The lowest BCUT2D eigenvalue weighted by Crippen LogP contribution is -2.45. The van der Waals surface area contributed by atoms with Gasteiger partial charge in [0.1, 0.15) is 5.78 Å². The molecule has 3 atom stereocenters. The smallest absolute Gasteiger partial charge is 0.152 e. The van der Waals surface area contributed by atoms with E-state index < -0.39 is 5.41 Å². The van der Waals surface area contributed by atoms with Crippen molar-refractivity contribution in [1.29, 1.82) is 0 Å². The molecule has 0 N–H and O–H groups in total. The van der Waals surface area contributed by atoms with Gasteiger partial charge in [-0.3, -0.25) is 9.59 Å². The van der Waals surface area contributed by atoms with Crippen LogP contribution in [0.15, 0.2) is 12.2 Å². The van der Waals surface area contributed by atoms with Crippen molar-refractivity contribution in [3.8, 4) is 0 Å². The van der Waals surface area contributed by atoms with Crippen molar-refractivity contribution in [2.24, 2.45) is 22.7 Å². The number of fused-ring (bicyclic) bond motifs is 1. The van der Waals surface area contributed by atoms with E-state index in [9.17, 15) is 9.59 Å². The van der Waals surface area contributed by atoms with E-state index in [1.54, 1.807) is 6.08 Å². The maximum Gasteiger partial charge on any atom is 0.152 e. The number of ketones is 2. The van der Waals surface area contributed by atoms with E-state index in [-0.39, 0.29) is 17.1 Å². The molecule has 2 nitrogen and oxygen atoms in total. The van der Waals surface area contributed by atoms with Crippen LogP contribution in [0.4, 0.5) is 0 Å². The minimum absolute atomic E-state index is 0.0164. The number of hydrogen-bond donors (Lipinski definition) is 0. The molecule has 0 bridgehead atoms. The minimum Gasteiger partial charge on any atom is -0.298 e. The van der Waals surface area contributed by atoms with Crippen LogP contribution in [0.5, 0.6) is 0 Å². The maximum absolute atomic E-state index is 12.4. The summed E-state index contributed by atoms with van der Waals surface area (Å²) in [5.74, 6) is 1.24. The molecular weight excluding hydrogens is 200 g/mol. The van der Waals surface area contributed by atoms with Crippen LogP contribution in [0.1, 0.15) is 40.5 Å². The minimum atomic E-state index is -0.462. The van der Waals surface area contributed by atoms with Gasteiger partial charge in [0.25, 0.3) is 0 Å². The molecule has 2 aliphatic carbocycles. The largest absolute Gasteiger partial charge is 0.298 e. The van der Waals surface area contributed by atoms with Crippen LogP contribution in [0, 0.1) is 22.7 Å². The normalized spacial score (nSPS) is 40.9. The van der Waals surface area contributed by atoms with Crippen LogP contribution in [-0.4, -0.2) is 11.6 Å². The molecule has 88 valence electrons. The second-order valence-corrected chi connectivity index (χ2v) is 6.20. The fourth-order valence-electron chi connectivity index (χ4n) is 2.97. The Hall–Kier alpha value is -0.920. The Bertz CT molecular complexity index is 378. The molecule has 16 heavy (non-hydrogen) atoms. The summed E-state index contributed by atoms with van der Waals surface area (Å²) in [6.07, 6.45) is 5.56. The monoisotopic (exact) mass is 220 g/mol. The number of allylic oxidation sites excluding steroid dienone is 2. The predicted molar refractivity (Wildman–Crippen MR) is 62.9 cm³/mol. The summed E-state index contributed by atoms with van der Waals surface area (Å²) >= 11 is 0. The van der Waals surface area contributed by atoms with Crippen molar-refractivity contribution < 1.29 is 9.59 Å². The highest BCUT2D eigenvalue weighted by Crippen LogP contribution is 2.61. The third kappa shape index (κ3) is 1.55.